The molecule has 0 amide bonds. The van der Waals surface area contributed by atoms with Crippen LogP contribution in [-0.2, 0) is 0 Å². The number of anilines is 1. The monoisotopic (exact) mass is 224 g/mol. The minimum Gasteiger partial charge on any atom is -0.496 e. The maximum absolute atomic E-state index is 5.83. The smallest absolute Gasteiger partial charge is 0.216 e. The molecule has 0 aliphatic heterocycles. The van der Waals surface area contributed by atoms with E-state index in [2.05, 4.69) is 15.2 Å². The van der Waals surface area contributed by atoms with Crippen LogP contribution >= 0.6 is 11.6 Å². The molecule has 0 saturated carbocycles. The molecular formula is C9H9ClN4O. The van der Waals surface area contributed by atoms with Gasteiger partial charge in [-0.15, -0.1) is 0 Å². The SMILES string of the molecule is COc1cc(Cl)ccc1-c1n[nH]c(N)n1. The third-order valence-corrected chi connectivity index (χ3v) is 2.14. The van der Waals surface area contributed by atoms with Crippen molar-refractivity contribution in [3.05, 3.63) is 23.2 Å². The molecular weight excluding hydrogens is 216 g/mol. The van der Waals surface area contributed by atoms with Gasteiger partial charge < -0.3 is 10.5 Å². The van der Waals surface area contributed by atoms with Crippen LogP contribution in [-0.4, -0.2) is 22.3 Å². The van der Waals surface area contributed by atoms with E-state index in [-0.39, 0.29) is 5.95 Å². The Kier molecular flexibility index (Phi) is 2.47. The van der Waals surface area contributed by atoms with Gasteiger partial charge in [-0.2, -0.15) is 10.1 Å². The fourth-order valence-electron chi connectivity index (χ4n) is 1.24. The van der Waals surface area contributed by atoms with Crippen LogP contribution in [0.4, 0.5) is 5.95 Å². The maximum atomic E-state index is 5.83. The number of aromatic amines is 1. The molecule has 0 aliphatic carbocycles. The number of nitrogens with one attached hydrogen (secondary N) is 1. The Bertz CT molecular complexity index is 483. The minimum absolute atomic E-state index is 0.266. The number of halogens is 1. The second kappa shape index (κ2) is 3.78. The molecule has 1 aromatic carbocycles. The lowest BCUT2D eigenvalue weighted by Gasteiger charge is -2.04. The summed E-state index contributed by atoms with van der Waals surface area (Å²) in [4.78, 5) is 4.01. The molecule has 0 spiro atoms. The Hall–Kier alpha value is -1.75. The van der Waals surface area contributed by atoms with Gasteiger partial charge in [0.25, 0.3) is 0 Å². The number of hydrogen-bond acceptors (Lipinski definition) is 4. The molecule has 3 N–H and O–H groups in total. The predicted octanol–water partition coefficient (Wildman–Crippen LogP) is 1.72. The molecule has 0 fully saturated rings. The van der Waals surface area contributed by atoms with Crippen LogP contribution in [0.1, 0.15) is 0 Å². The van der Waals surface area contributed by atoms with Crippen LogP contribution in [0.2, 0.25) is 5.02 Å². The predicted molar refractivity (Wildman–Crippen MR) is 57.8 cm³/mol. The van der Waals surface area contributed by atoms with Gasteiger partial charge in [-0.05, 0) is 18.2 Å². The average Bonchev–Trinajstić information content (AvgIpc) is 2.64. The van der Waals surface area contributed by atoms with E-state index in [9.17, 15) is 0 Å². The van der Waals surface area contributed by atoms with Gasteiger partial charge in [-0.1, -0.05) is 11.6 Å². The molecule has 0 saturated heterocycles. The average molecular weight is 225 g/mol. The quantitative estimate of drug-likeness (QED) is 0.814. The fourth-order valence-corrected chi connectivity index (χ4v) is 1.41. The summed E-state index contributed by atoms with van der Waals surface area (Å²) in [6.07, 6.45) is 0. The van der Waals surface area contributed by atoms with E-state index < -0.39 is 0 Å². The number of nitrogen functional groups attached to an aromatic ring is 1. The van der Waals surface area contributed by atoms with Crippen LogP contribution in [0.25, 0.3) is 11.4 Å². The summed E-state index contributed by atoms with van der Waals surface area (Å²) >= 11 is 5.83. The molecule has 2 rings (SSSR count). The first kappa shape index (κ1) is 9.79. The summed E-state index contributed by atoms with van der Waals surface area (Å²) in [7, 11) is 1.56. The first-order valence-corrected chi connectivity index (χ1v) is 4.60. The van der Waals surface area contributed by atoms with Gasteiger partial charge >= 0.3 is 0 Å². The lowest BCUT2D eigenvalue weighted by Crippen LogP contribution is -1.90. The lowest BCUT2D eigenvalue weighted by atomic mass is 10.2. The molecule has 0 radical (unpaired) electrons. The zero-order valence-corrected chi connectivity index (χ0v) is 8.75. The van der Waals surface area contributed by atoms with E-state index in [0.717, 1.165) is 5.56 Å². The standard InChI is InChI=1S/C9H9ClN4O/c1-15-7-4-5(10)2-3-6(7)8-12-9(11)14-13-8/h2-4H,1H3,(H3,11,12,13,14). The third kappa shape index (κ3) is 1.87. The summed E-state index contributed by atoms with van der Waals surface area (Å²) < 4.78 is 5.17. The van der Waals surface area contributed by atoms with Crippen LogP contribution in [0.15, 0.2) is 18.2 Å². The van der Waals surface area contributed by atoms with Crippen molar-refractivity contribution in [1.82, 2.24) is 15.2 Å². The first-order valence-electron chi connectivity index (χ1n) is 4.22. The Labute approximate surface area is 91.2 Å². The van der Waals surface area contributed by atoms with E-state index >= 15 is 0 Å². The molecule has 0 aliphatic rings. The van der Waals surface area contributed by atoms with Crippen LogP contribution < -0.4 is 10.5 Å². The van der Waals surface area contributed by atoms with Crippen molar-refractivity contribution in [2.75, 3.05) is 12.8 Å². The van der Waals surface area contributed by atoms with Gasteiger partial charge in [0.1, 0.15) is 5.75 Å². The number of benzene rings is 1. The maximum Gasteiger partial charge on any atom is 0.216 e. The lowest BCUT2D eigenvalue weighted by molar-refractivity contribution is 0.416. The summed E-state index contributed by atoms with van der Waals surface area (Å²) in [5.74, 6) is 1.37. The van der Waals surface area contributed by atoms with Gasteiger partial charge in [-0.3, -0.25) is 0 Å². The highest BCUT2D eigenvalue weighted by atomic mass is 35.5. The summed E-state index contributed by atoms with van der Waals surface area (Å²) in [5.41, 5.74) is 6.19. The van der Waals surface area contributed by atoms with E-state index in [1.165, 1.54) is 0 Å². The Balaban J connectivity index is 2.52. The number of hydrogen-bond donors (Lipinski definition) is 2. The molecule has 5 nitrogen and oxygen atoms in total. The minimum atomic E-state index is 0.266. The second-order valence-corrected chi connectivity index (χ2v) is 3.33. The van der Waals surface area contributed by atoms with Crippen molar-refractivity contribution >= 4 is 17.5 Å². The zero-order valence-electron chi connectivity index (χ0n) is 7.99. The Morgan fingerprint density at radius 3 is 2.87 bits per heavy atom. The number of ether oxygens (including phenoxy) is 1. The Morgan fingerprint density at radius 1 is 1.47 bits per heavy atom. The largest absolute Gasteiger partial charge is 0.496 e. The first-order chi connectivity index (χ1) is 7.20. The molecule has 6 heteroatoms. The summed E-state index contributed by atoms with van der Waals surface area (Å²) in [6, 6.07) is 5.22. The molecule has 1 heterocycles. The topological polar surface area (TPSA) is 76.8 Å². The number of rotatable bonds is 2. The van der Waals surface area contributed by atoms with Crippen molar-refractivity contribution in [2.45, 2.75) is 0 Å². The van der Waals surface area contributed by atoms with Crippen molar-refractivity contribution in [2.24, 2.45) is 0 Å². The normalized spacial score (nSPS) is 10.3. The molecule has 15 heavy (non-hydrogen) atoms. The van der Waals surface area contributed by atoms with Crippen LogP contribution in [0.5, 0.6) is 5.75 Å². The molecule has 78 valence electrons. The van der Waals surface area contributed by atoms with E-state index in [0.29, 0.717) is 16.6 Å². The number of nitrogens with two attached hydrogens (primary N) is 1. The van der Waals surface area contributed by atoms with Crippen molar-refractivity contribution in [1.29, 1.82) is 0 Å². The Morgan fingerprint density at radius 2 is 2.27 bits per heavy atom. The number of H-pyrrole nitrogens is 1. The van der Waals surface area contributed by atoms with Gasteiger partial charge in [-0.25, -0.2) is 5.10 Å². The number of methoxy groups -OCH3 is 1. The van der Waals surface area contributed by atoms with Gasteiger partial charge in [0.05, 0.1) is 12.7 Å². The number of nitrogens with zero attached hydrogens (tertiary/aromatic N) is 2. The van der Waals surface area contributed by atoms with E-state index in [4.69, 9.17) is 22.1 Å². The number of aromatic nitrogens is 3. The van der Waals surface area contributed by atoms with E-state index in [1.54, 1.807) is 25.3 Å². The molecule has 2 aromatic rings. The van der Waals surface area contributed by atoms with Gasteiger partial charge in [0.15, 0.2) is 5.82 Å². The molecule has 0 unspecified atom stereocenters. The third-order valence-electron chi connectivity index (χ3n) is 1.91. The van der Waals surface area contributed by atoms with E-state index in [1.807, 2.05) is 0 Å². The highest BCUT2D eigenvalue weighted by Gasteiger charge is 2.10. The van der Waals surface area contributed by atoms with Crippen LogP contribution in [0, 0.1) is 0 Å². The van der Waals surface area contributed by atoms with Crippen LogP contribution in [0.3, 0.4) is 0 Å². The van der Waals surface area contributed by atoms with Gasteiger partial charge in [0, 0.05) is 5.02 Å². The highest BCUT2D eigenvalue weighted by Crippen LogP contribution is 2.30. The van der Waals surface area contributed by atoms with Gasteiger partial charge in [0.2, 0.25) is 5.95 Å². The van der Waals surface area contributed by atoms with Crippen molar-refractivity contribution in [3.63, 3.8) is 0 Å². The zero-order chi connectivity index (χ0) is 10.8. The fraction of sp³-hybridized carbons (Fsp3) is 0.111. The molecule has 1 aromatic heterocycles. The highest BCUT2D eigenvalue weighted by molar-refractivity contribution is 6.30. The molecule has 0 bridgehead atoms. The molecule has 0 atom stereocenters. The van der Waals surface area contributed by atoms with Crippen molar-refractivity contribution < 1.29 is 4.74 Å². The summed E-state index contributed by atoms with van der Waals surface area (Å²) in [6.45, 7) is 0. The van der Waals surface area contributed by atoms with Crippen molar-refractivity contribution in [3.8, 4) is 17.1 Å². The second-order valence-electron chi connectivity index (χ2n) is 2.89. The summed E-state index contributed by atoms with van der Waals surface area (Å²) in [5, 5.41) is 7.10.